The average molecular weight is 360 g/mol. The fourth-order valence-electron chi connectivity index (χ4n) is 2.40. The van der Waals surface area contributed by atoms with Crippen molar-refractivity contribution >= 4 is 27.3 Å². The molecule has 1 fully saturated rings. The summed E-state index contributed by atoms with van der Waals surface area (Å²) in [6.45, 7) is 0. The highest BCUT2D eigenvalue weighted by molar-refractivity contribution is 7.90. The maximum absolute atomic E-state index is 11.6. The van der Waals surface area contributed by atoms with E-state index in [0.29, 0.717) is 17.2 Å². The molecule has 1 heterocycles. The Morgan fingerprint density at radius 1 is 1.08 bits per heavy atom. The zero-order valence-corrected chi connectivity index (χ0v) is 14.2. The normalized spacial score (nSPS) is 17.2. The first-order valence-electron chi connectivity index (χ1n) is 7.49. The lowest BCUT2D eigenvalue weighted by molar-refractivity contribution is -0.124. The second-order valence-corrected chi connectivity index (χ2v) is 7.70. The zero-order chi connectivity index (χ0) is 18.0. The molecule has 2 aromatic carbocycles. The zero-order valence-electron chi connectivity index (χ0n) is 13.4. The number of anilines is 1. The third-order valence-corrected chi connectivity index (χ3v) is 4.74. The third-order valence-electron chi connectivity index (χ3n) is 3.63. The van der Waals surface area contributed by atoms with Gasteiger partial charge >= 0.3 is 0 Å². The monoisotopic (exact) mass is 360 g/mol. The number of hydrogen-bond acceptors (Lipinski definition) is 6. The fraction of sp³-hybridized carbons (Fsp3) is 0.176. The number of imide groups is 1. The second kappa shape index (κ2) is 6.56. The van der Waals surface area contributed by atoms with Crippen molar-refractivity contribution in [3.05, 3.63) is 48.5 Å². The summed E-state index contributed by atoms with van der Waals surface area (Å²) in [5.41, 5.74) is 0.673. The lowest BCUT2D eigenvalue weighted by Gasteiger charge is -2.12. The van der Waals surface area contributed by atoms with E-state index in [1.807, 2.05) is 0 Å². The highest BCUT2D eigenvalue weighted by Gasteiger charge is 2.30. The van der Waals surface area contributed by atoms with Gasteiger partial charge in [0.1, 0.15) is 17.5 Å². The average Bonchev–Trinajstić information content (AvgIpc) is 2.86. The van der Waals surface area contributed by atoms with Crippen molar-refractivity contribution in [3.63, 3.8) is 0 Å². The first kappa shape index (κ1) is 17.0. The minimum Gasteiger partial charge on any atom is -0.457 e. The summed E-state index contributed by atoms with van der Waals surface area (Å²) in [6, 6.07) is 12.4. The Morgan fingerprint density at radius 3 is 2.40 bits per heavy atom. The summed E-state index contributed by atoms with van der Waals surface area (Å²) in [7, 11) is -3.30. The first-order valence-corrected chi connectivity index (χ1v) is 9.39. The van der Waals surface area contributed by atoms with Gasteiger partial charge in [0.2, 0.25) is 11.8 Å². The van der Waals surface area contributed by atoms with Crippen LogP contribution < -0.4 is 15.4 Å². The minimum absolute atomic E-state index is 0.107. The molecule has 1 aliphatic rings. The van der Waals surface area contributed by atoms with Crippen LogP contribution in [0.25, 0.3) is 0 Å². The van der Waals surface area contributed by atoms with Crippen molar-refractivity contribution in [2.24, 2.45) is 0 Å². The Kier molecular flexibility index (Phi) is 4.45. The van der Waals surface area contributed by atoms with Crippen LogP contribution in [0.2, 0.25) is 0 Å². The topological polar surface area (TPSA) is 102 Å². The van der Waals surface area contributed by atoms with Crippen molar-refractivity contribution in [3.8, 4) is 11.5 Å². The predicted molar refractivity (Wildman–Crippen MR) is 91.2 cm³/mol. The number of carbonyl (C=O) groups is 2. The van der Waals surface area contributed by atoms with Crippen LogP contribution in [0.5, 0.6) is 11.5 Å². The Bertz CT molecular complexity index is 922. The highest BCUT2D eigenvalue weighted by atomic mass is 32.2. The molecule has 0 aliphatic carbocycles. The molecule has 1 aliphatic heterocycles. The SMILES string of the molecule is CS(=O)(=O)c1cccc(Oc2ccc(NC3CC(=O)NC3=O)cc2)c1. The van der Waals surface area contributed by atoms with E-state index in [0.717, 1.165) is 6.26 Å². The number of amides is 2. The van der Waals surface area contributed by atoms with E-state index >= 15 is 0 Å². The van der Waals surface area contributed by atoms with Crippen LogP contribution in [-0.2, 0) is 19.4 Å². The van der Waals surface area contributed by atoms with Crippen molar-refractivity contribution in [1.82, 2.24) is 5.32 Å². The number of carbonyl (C=O) groups excluding carboxylic acids is 2. The molecule has 1 saturated heterocycles. The Labute approximate surface area is 144 Å². The molecule has 1 unspecified atom stereocenters. The molecule has 0 saturated carbocycles. The number of hydrogen-bond donors (Lipinski definition) is 2. The van der Waals surface area contributed by atoms with Gasteiger partial charge in [-0.15, -0.1) is 0 Å². The molecule has 130 valence electrons. The van der Waals surface area contributed by atoms with Gasteiger partial charge in [-0.25, -0.2) is 8.42 Å². The van der Waals surface area contributed by atoms with E-state index < -0.39 is 15.9 Å². The van der Waals surface area contributed by atoms with Gasteiger partial charge in [0.05, 0.1) is 11.3 Å². The molecular weight excluding hydrogens is 344 g/mol. The van der Waals surface area contributed by atoms with Crippen LogP contribution in [0.4, 0.5) is 5.69 Å². The third kappa shape index (κ3) is 4.16. The molecule has 2 aromatic rings. The number of nitrogens with one attached hydrogen (secondary N) is 2. The Balaban J connectivity index is 1.69. The molecule has 0 radical (unpaired) electrons. The van der Waals surface area contributed by atoms with Gasteiger partial charge in [0.15, 0.2) is 9.84 Å². The van der Waals surface area contributed by atoms with E-state index in [1.165, 1.54) is 12.1 Å². The Hall–Kier alpha value is -2.87. The van der Waals surface area contributed by atoms with Gasteiger partial charge < -0.3 is 10.1 Å². The summed E-state index contributed by atoms with van der Waals surface area (Å²) in [5.74, 6) is 0.281. The molecule has 25 heavy (non-hydrogen) atoms. The van der Waals surface area contributed by atoms with Crippen LogP contribution in [0.1, 0.15) is 6.42 Å². The molecule has 2 N–H and O–H groups in total. The van der Waals surface area contributed by atoms with Crippen molar-refractivity contribution in [2.45, 2.75) is 17.4 Å². The van der Waals surface area contributed by atoms with Crippen molar-refractivity contribution in [2.75, 3.05) is 11.6 Å². The molecule has 0 spiro atoms. The summed E-state index contributed by atoms with van der Waals surface area (Å²) in [5, 5.41) is 5.21. The lowest BCUT2D eigenvalue weighted by Crippen LogP contribution is -2.29. The molecular formula is C17H16N2O5S. The summed E-state index contributed by atoms with van der Waals surface area (Å²) in [6.07, 6.45) is 1.24. The van der Waals surface area contributed by atoms with Gasteiger partial charge in [-0.1, -0.05) is 6.07 Å². The van der Waals surface area contributed by atoms with Gasteiger partial charge in [-0.2, -0.15) is 0 Å². The summed E-state index contributed by atoms with van der Waals surface area (Å²) >= 11 is 0. The van der Waals surface area contributed by atoms with E-state index in [1.54, 1.807) is 36.4 Å². The Morgan fingerprint density at radius 2 is 1.80 bits per heavy atom. The van der Waals surface area contributed by atoms with Crippen LogP contribution in [0.15, 0.2) is 53.4 Å². The predicted octanol–water partition coefficient (Wildman–Crippen LogP) is 1.71. The second-order valence-electron chi connectivity index (χ2n) is 5.69. The lowest BCUT2D eigenvalue weighted by atomic mass is 10.2. The van der Waals surface area contributed by atoms with E-state index in [-0.39, 0.29) is 23.1 Å². The molecule has 1 atom stereocenters. The number of sulfone groups is 1. The molecule has 0 aromatic heterocycles. The van der Waals surface area contributed by atoms with Gasteiger partial charge in [-0.05, 0) is 42.5 Å². The smallest absolute Gasteiger partial charge is 0.249 e. The maximum Gasteiger partial charge on any atom is 0.249 e. The van der Waals surface area contributed by atoms with Crippen LogP contribution in [0.3, 0.4) is 0 Å². The summed E-state index contributed by atoms with van der Waals surface area (Å²) in [4.78, 5) is 22.9. The van der Waals surface area contributed by atoms with Crippen LogP contribution in [-0.4, -0.2) is 32.5 Å². The maximum atomic E-state index is 11.6. The van der Waals surface area contributed by atoms with E-state index in [4.69, 9.17) is 4.74 Å². The standard InChI is InChI=1S/C17H16N2O5S/c1-25(22,23)14-4-2-3-13(9-14)24-12-7-5-11(6-8-12)18-15-10-16(20)19-17(15)21/h2-9,15,18H,10H2,1H3,(H,19,20,21). The molecule has 7 nitrogen and oxygen atoms in total. The number of ether oxygens (including phenoxy) is 1. The largest absolute Gasteiger partial charge is 0.457 e. The van der Waals surface area contributed by atoms with Gasteiger partial charge in [0.25, 0.3) is 0 Å². The summed E-state index contributed by atoms with van der Waals surface area (Å²) < 4.78 is 28.8. The molecule has 8 heteroatoms. The molecule has 2 amide bonds. The number of rotatable bonds is 5. The van der Waals surface area contributed by atoms with E-state index in [2.05, 4.69) is 10.6 Å². The molecule has 0 bridgehead atoms. The fourth-order valence-corrected chi connectivity index (χ4v) is 3.05. The van der Waals surface area contributed by atoms with Gasteiger partial charge in [0, 0.05) is 11.9 Å². The van der Waals surface area contributed by atoms with Crippen molar-refractivity contribution in [1.29, 1.82) is 0 Å². The van der Waals surface area contributed by atoms with Gasteiger partial charge in [-0.3, -0.25) is 14.9 Å². The molecule has 3 rings (SSSR count). The van der Waals surface area contributed by atoms with E-state index in [9.17, 15) is 18.0 Å². The van der Waals surface area contributed by atoms with Crippen LogP contribution in [0, 0.1) is 0 Å². The van der Waals surface area contributed by atoms with Crippen LogP contribution >= 0.6 is 0 Å². The quantitative estimate of drug-likeness (QED) is 0.787. The number of benzene rings is 2. The highest BCUT2D eigenvalue weighted by Crippen LogP contribution is 2.25. The minimum atomic E-state index is -3.30. The van der Waals surface area contributed by atoms with Crippen molar-refractivity contribution < 1.29 is 22.7 Å². The first-order chi connectivity index (χ1) is 11.8.